The van der Waals surface area contributed by atoms with E-state index in [1.54, 1.807) is 0 Å². The number of carbonyl (C=O) groups excluding carboxylic acids is 2. The summed E-state index contributed by atoms with van der Waals surface area (Å²) in [6, 6.07) is 0.241. The average Bonchev–Trinajstić information content (AvgIpc) is 2.66. The van der Waals surface area contributed by atoms with Gasteiger partial charge in [-0.05, 0) is 53.4 Å². The fourth-order valence-electron chi connectivity index (χ4n) is 1.59. The summed E-state index contributed by atoms with van der Waals surface area (Å²) in [4.78, 5) is 29.4. The molecule has 0 aromatic rings. The number of amidine groups is 2. The second-order valence-corrected chi connectivity index (χ2v) is 6.95. The molecule has 0 aromatic carbocycles. The first kappa shape index (κ1) is 32.3. The second kappa shape index (κ2) is 18.7. The van der Waals surface area contributed by atoms with Gasteiger partial charge < -0.3 is 30.4 Å². The van der Waals surface area contributed by atoms with Crippen LogP contribution in [0.25, 0.3) is 0 Å². The number of aliphatic carboxylic acids is 2. The first-order valence-corrected chi connectivity index (χ1v) is 10.1. The number of rotatable bonds is 8. The van der Waals surface area contributed by atoms with E-state index in [1.165, 1.54) is 0 Å². The molecular formula is C20H38MgN4O4. The van der Waals surface area contributed by atoms with Gasteiger partial charge in [-0.15, -0.1) is 0 Å². The van der Waals surface area contributed by atoms with Crippen LogP contribution in [-0.2, 0) is 9.59 Å². The summed E-state index contributed by atoms with van der Waals surface area (Å²) in [6.45, 7) is 15.5. The molecule has 8 nitrogen and oxygen atoms in total. The Morgan fingerprint density at radius 2 is 0.966 bits per heavy atom. The molecule has 0 rings (SSSR count). The van der Waals surface area contributed by atoms with Crippen molar-refractivity contribution in [2.24, 2.45) is 9.98 Å². The van der Waals surface area contributed by atoms with Gasteiger partial charge in [-0.3, -0.25) is 9.98 Å². The normalized spacial score (nSPS) is 15.6. The molecule has 29 heavy (non-hydrogen) atoms. The van der Waals surface area contributed by atoms with E-state index in [2.05, 4.69) is 20.6 Å². The van der Waals surface area contributed by atoms with Crippen molar-refractivity contribution in [3.63, 3.8) is 0 Å². The zero-order valence-electron chi connectivity index (χ0n) is 19.4. The Morgan fingerprint density at radius 1 is 0.690 bits per heavy atom. The Hall–Kier alpha value is -1.35. The monoisotopic (exact) mass is 422 g/mol. The van der Waals surface area contributed by atoms with E-state index < -0.39 is 11.9 Å². The zero-order valence-corrected chi connectivity index (χ0v) is 20.8. The van der Waals surface area contributed by atoms with E-state index >= 15 is 0 Å². The Labute approximate surface area is 192 Å². The number of nitrogens with one attached hydrogen (secondary N) is 2. The minimum atomic E-state index is -1.23. The van der Waals surface area contributed by atoms with E-state index in [0.717, 1.165) is 25.7 Å². The number of aliphatic imine (C=N–C) groups is 2. The first-order chi connectivity index (χ1) is 13.0. The maximum absolute atomic E-state index is 10.7. The molecule has 0 aliphatic carbocycles. The van der Waals surface area contributed by atoms with Crippen LogP contribution in [0.15, 0.2) is 9.98 Å². The largest absolute Gasteiger partial charge is 2.00 e. The van der Waals surface area contributed by atoms with Crippen LogP contribution in [0.4, 0.5) is 0 Å². The minimum absolute atomic E-state index is 0. The molecule has 4 unspecified atom stereocenters. The van der Waals surface area contributed by atoms with Crippen LogP contribution in [0.3, 0.4) is 0 Å². The Kier molecular flexibility index (Phi) is 20.8. The number of hydrogen-bond acceptors (Lipinski definition) is 6. The molecule has 0 fully saturated rings. The van der Waals surface area contributed by atoms with Gasteiger partial charge in [0, 0.05) is 24.2 Å². The molecule has 0 radical (unpaired) electrons. The Balaban J connectivity index is -0.000000451. The van der Waals surface area contributed by atoms with Crippen molar-refractivity contribution in [1.29, 1.82) is 0 Å². The van der Waals surface area contributed by atoms with Crippen molar-refractivity contribution in [3.8, 4) is 0 Å². The summed E-state index contributed by atoms with van der Waals surface area (Å²) in [7, 11) is 0. The molecule has 0 bridgehead atoms. The third-order valence-corrected chi connectivity index (χ3v) is 4.26. The maximum Gasteiger partial charge on any atom is 2.00 e. The van der Waals surface area contributed by atoms with E-state index in [0.29, 0.717) is 0 Å². The van der Waals surface area contributed by atoms with Crippen molar-refractivity contribution in [1.82, 2.24) is 10.6 Å². The van der Waals surface area contributed by atoms with E-state index in [-0.39, 0.29) is 58.9 Å². The summed E-state index contributed by atoms with van der Waals surface area (Å²) in [6.07, 6.45) is 3.34. The first-order valence-electron chi connectivity index (χ1n) is 10.1. The molecule has 0 heterocycles. The summed E-state index contributed by atoms with van der Waals surface area (Å²) in [5.41, 5.74) is 0. The molecule has 0 aliphatic heterocycles. The van der Waals surface area contributed by atoms with Crippen molar-refractivity contribution in [3.05, 3.63) is 0 Å². The molecular weight excluding hydrogens is 385 g/mol. The van der Waals surface area contributed by atoms with Crippen LogP contribution >= 0.6 is 0 Å². The number of carboxylic acids is 2. The number of hydrogen-bond donors (Lipinski definition) is 2. The van der Waals surface area contributed by atoms with Crippen LogP contribution in [0.1, 0.15) is 81.1 Å². The molecule has 2 N–H and O–H groups in total. The minimum Gasteiger partial charge on any atom is -0.542 e. The Morgan fingerprint density at radius 3 is 1.14 bits per heavy atom. The Bertz CT molecular complexity index is 481. The van der Waals surface area contributed by atoms with Gasteiger partial charge >= 0.3 is 23.1 Å². The van der Waals surface area contributed by atoms with Crippen molar-refractivity contribution >= 4 is 46.7 Å². The molecule has 0 spiro atoms. The smallest absolute Gasteiger partial charge is 0.542 e. The topological polar surface area (TPSA) is 129 Å². The van der Waals surface area contributed by atoms with Gasteiger partial charge in [0.1, 0.15) is 23.6 Å². The molecule has 164 valence electrons. The molecule has 0 saturated heterocycles. The summed E-state index contributed by atoms with van der Waals surface area (Å²) >= 11 is 0. The maximum atomic E-state index is 10.7. The zero-order chi connectivity index (χ0) is 22.3. The second-order valence-electron chi connectivity index (χ2n) is 6.95. The molecule has 0 amide bonds. The van der Waals surface area contributed by atoms with Gasteiger partial charge in [0.15, 0.2) is 0 Å². The molecule has 9 heteroatoms. The van der Waals surface area contributed by atoms with Gasteiger partial charge in [-0.2, -0.15) is 0 Å². The van der Waals surface area contributed by atoms with Crippen molar-refractivity contribution in [2.45, 2.75) is 105 Å². The molecule has 0 saturated carbocycles. The predicted molar refractivity (Wildman–Crippen MR) is 116 cm³/mol. The van der Waals surface area contributed by atoms with E-state index in [4.69, 9.17) is 0 Å². The molecule has 0 aliphatic rings. The summed E-state index contributed by atoms with van der Waals surface area (Å²) in [5, 5.41) is 27.0. The van der Waals surface area contributed by atoms with Gasteiger partial charge in [-0.25, -0.2) is 0 Å². The predicted octanol–water partition coefficient (Wildman–Crippen LogP) is 0.262. The van der Waals surface area contributed by atoms with Gasteiger partial charge in [0.25, 0.3) is 0 Å². The average molecular weight is 423 g/mol. The molecule has 4 atom stereocenters. The van der Waals surface area contributed by atoms with E-state index in [1.807, 2.05) is 55.4 Å². The number of carboxylic acid groups (broad SMARTS) is 2. The van der Waals surface area contributed by atoms with Crippen LogP contribution in [0, 0.1) is 0 Å². The van der Waals surface area contributed by atoms with Gasteiger partial charge in [0.2, 0.25) is 0 Å². The SMILES string of the molecule is CCC(C)N=C(NC(C)CC)C(=O)[O-].CCC(C)N=C(NC(C)CC)C(=O)[O-].[Mg+2]. The number of carbonyl (C=O) groups is 2. The standard InChI is InChI=1S/2C10H20N2O2.Mg/c2*1-5-7(3)11-9(10(13)14)12-8(4)6-2;/h2*7-8H,5-6H2,1-4H3,(H,11,12)(H,13,14);/q;;+2/p-2. The van der Waals surface area contributed by atoms with E-state index in [9.17, 15) is 19.8 Å². The summed E-state index contributed by atoms with van der Waals surface area (Å²) < 4.78 is 0. The van der Waals surface area contributed by atoms with Gasteiger partial charge in [-0.1, -0.05) is 27.7 Å². The van der Waals surface area contributed by atoms with Crippen LogP contribution in [0.5, 0.6) is 0 Å². The molecule has 0 aromatic heterocycles. The number of nitrogens with zero attached hydrogens (tertiary/aromatic N) is 2. The van der Waals surface area contributed by atoms with Crippen molar-refractivity contribution in [2.75, 3.05) is 0 Å². The van der Waals surface area contributed by atoms with Crippen LogP contribution in [0.2, 0.25) is 0 Å². The third-order valence-electron chi connectivity index (χ3n) is 4.26. The fourth-order valence-corrected chi connectivity index (χ4v) is 1.59. The third kappa shape index (κ3) is 17.2. The van der Waals surface area contributed by atoms with Gasteiger partial charge in [0.05, 0.1) is 0 Å². The quantitative estimate of drug-likeness (QED) is 0.328. The van der Waals surface area contributed by atoms with Crippen molar-refractivity contribution < 1.29 is 19.8 Å². The van der Waals surface area contributed by atoms with Crippen LogP contribution < -0.4 is 20.8 Å². The fraction of sp³-hybridized carbons (Fsp3) is 0.800. The summed E-state index contributed by atoms with van der Waals surface area (Å²) in [5.74, 6) is -2.53. The van der Waals surface area contributed by atoms with Crippen LogP contribution in [-0.4, -0.2) is 70.8 Å².